The van der Waals surface area contributed by atoms with Crippen LogP contribution >= 0.6 is 0 Å². The minimum Gasteiger partial charge on any atom is -0.389 e. The summed E-state index contributed by atoms with van der Waals surface area (Å²) >= 11 is 0. The molecule has 0 bridgehead atoms. The molecule has 0 radical (unpaired) electrons. The van der Waals surface area contributed by atoms with E-state index in [1.165, 1.54) is 0 Å². The number of hydrogen-bond donors (Lipinski definition) is 3. The van der Waals surface area contributed by atoms with Gasteiger partial charge in [-0.15, -0.1) is 0 Å². The second kappa shape index (κ2) is 11.9. The second-order valence-electron chi connectivity index (χ2n) is 5.18. The number of rotatable bonds is 10. The molecule has 0 saturated heterocycles. The number of nitrogens with one attached hydrogen (secondary N) is 2. The van der Waals surface area contributed by atoms with Crippen molar-refractivity contribution in [2.45, 2.75) is 26.1 Å². The molecular formula is C17H29N3O3. The zero-order valence-corrected chi connectivity index (χ0v) is 14.3. The molecule has 6 heteroatoms. The van der Waals surface area contributed by atoms with E-state index in [0.717, 1.165) is 12.1 Å². The van der Waals surface area contributed by atoms with Crippen LogP contribution in [0.15, 0.2) is 35.3 Å². The molecule has 0 fully saturated rings. The predicted octanol–water partition coefficient (Wildman–Crippen LogP) is 1.33. The van der Waals surface area contributed by atoms with E-state index in [1.54, 1.807) is 7.11 Å². The molecule has 0 aromatic heterocycles. The molecule has 0 aliphatic rings. The molecule has 0 saturated carbocycles. The minimum atomic E-state index is -0.640. The van der Waals surface area contributed by atoms with E-state index in [0.29, 0.717) is 19.1 Å². The number of aliphatic hydroxyl groups excluding tert-OH is 1. The highest BCUT2D eigenvalue weighted by molar-refractivity contribution is 5.79. The standard InChI is InChI=1S/C17H29N3O3/c1-4-18-17(19-10-11-22-3)20-12-16(21)13-23-14(2)15-8-6-5-7-9-15/h5-9,14,16,21H,4,10-13H2,1-3H3,(H2,18,19,20). The maximum atomic E-state index is 10.0. The van der Waals surface area contributed by atoms with Crippen LogP contribution < -0.4 is 10.6 Å². The maximum Gasteiger partial charge on any atom is 0.191 e. The molecule has 0 aliphatic carbocycles. The van der Waals surface area contributed by atoms with Gasteiger partial charge in [0.25, 0.3) is 0 Å². The van der Waals surface area contributed by atoms with Crippen LogP contribution in [0.3, 0.4) is 0 Å². The van der Waals surface area contributed by atoms with Crippen molar-refractivity contribution in [3.63, 3.8) is 0 Å². The largest absolute Gasteiger partial charge is 0.389 e. The minimum absolute atomic E-state index is 0.0529. The van der Waals surface area contributed by atoms with Crippen LogP contribution in [0.4, 0.5) is 0 Å². The van der Waals surface area contributed by atoms with Gasteiger partial charge in [-0.2, -0.15) is 0 Å². The maximum absolute atomic E-state index is 10.0. The molecule has 2 unspecified atom stereocenters. The molecule has 0 heterocycles. The van der Waals surface area contributed by atoms with Gasteiger partial charge in [0.05, 0.1) is 32.0 Å². The van der Waals surface area contributed by atoms with Gasteiger partial charge in [0.15, 0.2) is 5.96 Å². The molecule has 0 amide bonds. The van der Waals surface area contributed by atoms with Gasteiger partial charge in [0.1, 0.15) is 0 Å². The third-order valence-electron chi connectivity index (χ3n) is 3.21. The number of hydrogen-bond acceptors (Lipinski definition) is 4. The summed E-state index contributed by atoms with van der Waals surface area (Å²) in [4.78, 5) is 4.34. The summed E-state index contributed by atoms with van der Waals surface area (Å²) in [5.41, 5.74) is 1.10. The number of ether oxygens (including phenoxy) is 2. The fraction of sp³-hybridized carbons (Fsp3) is 0.588. The van der Waals surface area contributed by atoms with Crippen molar-refractivity contribution >= 4 is 5.96 Å². The van der Waals surface area contributed by atoms with Crippen LogP contribution in [0.25, 0.3) is 0 Å². The van der Waals surface area contributed by atoms with Gasteiger partial charge in [-0.3, -0.25) is 4.99 Å². The predicted molar refractivity (Wildman–Crippen MR) is 92.7 cm³/mol. The smallest absolute Gasteiger partial charge is 0.191 e. The highest BCUT2D eigenvalue weighted by Gasteiger charge is 2.09. The van der Waals surface area contributed by atoms with Crippen LogP contribution in [0.1, 0.15) is 25.5 Å². The topological polar surface area (TPSA) is 75.1 Å². The highest BCUT2D eigenvalue weighted by Crippen LogP contribution is 2.15. The van der Waals surface area contributed by atoms with Crippen molar-refractivity contribution in [3.05, 3.63) is 35.9 Å². The number of methoxy groups -OCH3 is 1. The zero-order chi connectivity index (χ0) is 16.9. The van der Waals surface area contributed by atoms with Crippen LogP contribution in [0.2, 0.25) is 0 Å². The fourth-order valence-corrected chi connectivity index (χ4v) is 1.94. The summed E-state index contributed by atoms with van der Waals surface area (Å²) in [5.74, 6) is 0.666. The molecule has 0 aliphatic heterocycles. The highest BCUT2D eigenvalue weighted by atomic mass is 16.5. The Morgan fingerprint density at radius 3 is 2.65 bits per heavy atom. The van der Waals surface area contributed by atoms with Gasteiger partial charge in [-0.25, -0.2) is 0 Å². The van der Waals surface area contributed by atoms with Crippen molar-refractivity contribution < 1.29 is 14.6 Å². The summed E-state index contributed by atoms with van der Waals surface area (Å²) in [6.45, 7) is 6.53. The fourth-order valence-electron chi connectivity index (χ4n) is 1.94. The Bertz CT molecular complexity index is 440. The van der Waals surface area contributed by atoms with Gasteiger partial charge >= 0.3 is 0 Å². The summed E-state index contributed by atoms with van der Waals surface area (Å²) in [6.07, 6.45) is -0.693. The Morgan fingerprint density at radius 1 is 1.26 bits per heavy atom. The molecular weight excluding hydrogens is 294 g/mol. The first-order chi connectivity index (χ1) is 11.2. The average molecular weight is 323 g/mol. The van der Waals surface area contributed by atoms with Gasteiger partial charge in [-0.1, -0.05) is 30.3 Å². The van der Waals surface area contributed by atoms with Crippen molar-refractivity contribution in [1.82, 2.24) is 10.6 Å². The lowest BCUT2D eigenvalue weighted by molar-refractivity contribution is 0.00111. The number of nitrogens with zero attached hydrogens (tertiary/aromatic N) is 1. The molecule has 2 atom stereocenters. The summed E-state index contributed by atoms with van der Waals surface area (Å²) in [5, 5.41) is 16.3. The molecule has 6 nitrogen and oxygen atoms in total. The third-order valence-corrected chi connectivity index (χ3v) is 3.21. The molecule has 130 valence electrons. The Kier molecular flexibility index (Phi) is 10.0. The van der Waals surface area contributed by atoms with E-state index < -0.39 is 6.10 Å². The Hall–Kier alpha value is -1.63. The van der Waals surface area contributed by atoms with E-state index in [1.807, 2.05) is 44.2 Å². The Labute approximate surface area is 138 Å². The molecule has 3 N–H and O–H groups in total. The van der Waals surface area contributed by atoms with E-state index in [-0.39, 0.29) is 19.3 Å². The quantitative estimate of drug-likeness (QED) is 0.344. The number of aliphatic imine (C=N–C) groups is 1. The normalized spacial score (nSPS) is 14.3. The summed E-state index contributed by atoms with van der Waals surface area (Å²) in [6, 6.07) is 9.95. The van der Waals surface area contributed by atoms with E-state index in [9.17, 15) is 5.11 Å². The second-order valence-corrected chi connectivity index (χ2v) is 5.18. The first-order valence-electron chi connectivity index (χ1n) is 8.03. The molecule has 1 aromatic carbocycles. The van der Waals surface area contributed by atoms with E-state index >= 15 is 0 Å². The SMILES string of the molecule is CCNC(=NCC(O)COC(C)c1ccccc1)NCCOC. The Morgan fingerprint density at radius 2 is 2.00 bits per heavy atom. The van der Waals surface area contributed by atoms with Crippen molar-refractivity contribution in [3.8, 4) is 0 Å². The van der Waals surface area contributed by atoms with Crippen LogP contribution in [0, 0.1) is 0 Å². The molecule has 1 rings (SSSR count). The monoisotopic (exact) mass is 323 g/mol. The van der Waals surface area contributed by atoms with Crippen molar-refractivity contribution in [1.29, 1.82) is 0 Å². The van der Waals surface area contributed by atoms with Crippen LogP contribution in [-0.2, 0) is 9.47 Å². The lowest BCUT2D eigenvalue weighted by atomic mass is 10.1. The van der Waals surface area contributed by atoms with Gasteiger partial charge < -0.3 is 25.2 Å². The average Bonchev–Trinajstić information content (AvgIpc) is 2.58. The lowest BCUT2D eigenvalue weighted by Crippen LogP contribution is -2.39. The molecule has 0 spiro atoms. The summed E-state index contributed by atoms with van der Waals surface area (Å²) in [7, 11) is 1.65. The first kappa shape index (κ1) is 19.4. The van der Waals surface area contributed by atoms with E-state index in [2.05, 4.69) is 15.6 Å². The third kappa shape index (κ3) is 8.54. The number of benzene rings is 1. The van der Waals surface area contributed by atoms with Crippen LogP contribution in [0.5, 0.6) is 0 Å². The van der Waals surface area contributed by atoms with Crippen LogP contribution in [-0.4, -0.2) is 57.1 Å². The summed E-state index contributed by atoms with van der Waals surface area (Å²) < 4.78 is 10.7. The number of aliphatic hydroxyl groups is 1. The Balaban J connectivity index is 2.35. The van der Waals surface area contributed by atoms with Gasteiger partial charge in [0, 0.05) is 20.2 Å². The molecule has 1 aromatic rings. The van der Waals surface area contributed by atoms with Crippen molar-refractivity contribution in [2.75, 3.05) is 40.0 Å². The van der Waals surface area contributed by atoms with Crippen molar-refractivity contribution in [2.24, 2.45) is 4.99 Å². The zero-order valence-electron chi connectivity index (χ0n) is 14.3. The first-order valence-corrected chi connectivity index (χ1v) is 8.03. The lowest BCUT2D eigenvalue weighted by Gasteiger charge is -2.16. The van der Waals surface area contributed by atoms with Gasteiger partial charge in [0.2, 0.25) is 0 Å². The molecule has 23 heavy (non-hydrogen) atoms. The van der Waals surface area contributed by atoms with E-state index in [4.69, 9.17) is 9.47 Å². The van der Waals surface area contributed by atoms with Gasteiger partial charge in [-0.05, 0) is 19.4 Å². The number of guanidine groups is 1.